The quantitative estimate of drug-likeness (QED) is 0.808. The molecule has 2 rings (SSSR count). The summed E-state index contributed by atoms with van der Waals surface area (Å²) in [6.07, 6.45) is 0. The van der Waals surface area contributed by atoms with Crippen molar-refractivity contribution in [3.05, 3.63) is 21.9 Å². The zero-order valence-corrected chi connectivity index (χ0v) is 13.2. The van der Waals surface area contributed by atoms with E-state index in [9.17, 15) is 13.2 Å². The highest BCUT2D eigenvalue weighted by Crippen LogP contribution is 2.20. The maximum absolute atomic E-state index is 11.6. The first-order valence-corrected chi connectivity index (χ1v) is 8.71. The number of carbonyl (C=O) groups excluding carboxylic acids is 1. The van der Waals surface area contributed by atoms with E-state index in [1.54, 1.807) is 11.3 Å². The van der Waals surface area contributed by atoms with Gasteiger partial charge in [-0.15, -0.1) is 11.3 Å². The molecule has 1 aliphatic heterocycles. The van der Waals surface area contributed by atoms with Gasteiger partial charge in [-0.2, -0.15) is 12.7 Å². The normalized spacial score (nSPS) is 18.6. The molecule has 0 bridgehead atoms. The van der Waals surface area contributed by atoms with Gasteiger partial charge in [-0.1, -0.05) is 13.8 Å². The lowest BCUT2D eigenvalue weighted by Crippen LogP contribution is -2.28. The molecule has 2 heterocycles. The molecule has 1 saturated heterocycles. The van der Waals surface area contributed by atoms with E-state index in [0.29, 0.717) is 5.92 Å². The number of hydrogen-bond acceptors (Lipinski definition) is 5. The van der Waals surface area contributed by atoms with Crippen LogP contribution in [-0.4, -0.2) is 31.7 Å². The van der Waals surface area contributed by atoms with Crippen molar-refractivity contribution in [2.45, 2.75) is 26.9 Å². The molecule has 0 radical (unpaired) electrons. The van der Waals surface area contributed by atoms with Crippen LogP contribution in [0.4, 0.5) is 0 Å². The van der Waals surface area contributed by atoms with E-state index in [0.717, 1.165) is 27.1 Å². The summed E-state index contributed by atoms with van der Waals surface area (Å²) in [6.45, 7) is 6.18. The van der Waals surface area contributed by atoms with Crippen molar-refractivity contribution in [3.63, 3.8) is 0 Å². The lowest BCUT2D eigenvalue weighted by Gasteiger charge is -2.10. The monoisotopic (exact) mass is 317 g/mol. The van der Waals surface area contributed by atoms with Crippen LogP contribution in [0.25, 0.3) is 0 Å². The Labute approximate surface area is 123 Å². The molecule has 0 unspecified atom stereocenters. The molecule has 8 heteroatoms. The smallest absolute Gasteiger partial charge is 0.304 e. The average Bonchev–Trinajstić information content (AvgIpc) is 2.84. The first-order valence-electron chi connectivity index (χ1n) is 6.46. The Kier molecular flexibility index (Phi) is 4.79. The van der Waals surface area contributed by atoms with Crippen LogP contribution < -0.4 is 10.0 Å². The van der Waals surface area contributed by atoms with Crippen LogP contribution in [0.15, 0.2) is 12.1 Å². The Morgan fingerprint density at radius 2 is 2.10 bits per heavy atom. The summed E-state index contributed by atoms with van der Waals surface area (Å²) in [5.41, 5.74) is 0. The van der Waals surface area contributed by atoms with Crippen molar-refractivity contribution < 1.29 is 13.2 Å². The minimum Gasteiger partial charge on any atom is -0.312 e. The van der Waals surface area contributed by atoms with Crippen molar-refractivity contribution in [1.82, 2.24) is 14.3 Å². The average molecular weight is 317 g/mol. The highest BCUT2D eigenvalue weighted by atomic mass is 32.2. The van der Waals surface area contributed by atoms with E-state index in [4.69, 9.17) is 0 Å². The van der Waals surface area contributed by atoms with Gasteiger partial charge in [0.2, 0.25) is 5.91 Å². The summed E-state index contributed by atoms with van der Waals surface area (Å²) in [5.74, 6) is 0.127. The summed E-state index contributed by atoms with van der Waals surface area (Å²) in [5, 5.41) is 3.34. The Balaban J connectivity index is 1.91. The minimum atomic E-state index is -3.63. The van der Waals surface area contributed by atoms with Crippen LogP contribution in [0.5, 0.6) is 0 Å². The molecule has 20 heavy (non-hydrogen) atoms. The minimum absolute atomic E-state index is 0.0961. The van der Waals surface area contributed by atoms with E-state index >= 15 is 0 Å². The second-order valence-corrected chi connectivity index (χ2v) is 8.11. The zero-order chi connectivity index (χ0) is 14.8. The van der Waals surface area contributed by atoms with E-state index < -0.39 is 16.1 Å². The SMILES string of the molecule is CC(C)CNCc1ccc(CN2CC(=O)NS2(=O)=O)s1. The Bertz CT molecular complexity index is 581. The van der Waals surface area contributed by atoms with Crippen molar-refractivity contribution in [2.24, 2.45) is 5.92 Å². The van der Waals surface area contributed by atoms with Gasteiger partial charge in [-0.05, 0) is 24.6 Å². The molecule has 0 aliphatic carbocycles. The van der Waals surface area contributed by atoms with E-state index in [1.807, 2.05) is 16.9 Å². The molecule has 1 amide bonds. The molecule has 0 saturated carbocycles. The number of rotatable bonds is 6. The number of nitrogens with zero attached hydrogens (tertiary/aromatic N) is 1. The third-order valence-corrected chi connectivity index (χ3v) is 5.30. The van der Waals surface area contributed by atoms with Crippen LogP contribution >= 0.6 is 11.3 Å². The van der Waals surface area contributed by atoms with Gasteiger partial charge in [0.15, 0.2) is 0 Å². The van der Waals surface area contributed by atoms with Crippen LogP contribution in [0.2, 0.25) is 0 Å². The molecule has 1 aliphatic rings. The van der Waals surface area contributed by atoms with E-state index in [2.05, 4.69) is 19.2 Å². The van der Waals surface area contributed by atoms with Crippen LogP contribution in [0, 0.1) is 5.92 Å². The van der Waals surface area contributed by atoms with Crippen molar-refractivity contribution in [2.75, 3.05) is 13.1 Å². The number of amides is 1. The van der Waals surface area contributed by atoms with Gasteiger partial charge in [0.25, 0.3) is 0 Å². The second kappa shape index (κ2) is 6.21. The fourth-order valence-electron chi connectivity index (χ4n) is 1.89. The number of thiophene rings is 1. The molecule has 0 spiro atoms. The van der Waals surface area contributed by atoms with Gasteiger partial charge >= 0.3 is 10.2 Å². The molecule has 1 aromatic rings. The van der Waals surface area contributed by atoms with Gasteiger partial charge in [0.05, 0.1) is 13.1 Å². The van der Waals surface area contributed by atoms with Gasteiger partial charge in [-0.25, -0.2) is 4.72 Å². The molecule has 112 valence electrons. The third kappa shape index (κ3) is 4.02. The Morgan fingerprint density at radius 1 is 1.40 bits per heavy atom. The summed E-state index contributed by atoms with van der Waals surface area (Å²) in [7, 11) is -3.63. The summed E-state index contributed by atoms with van der Waals surface area (Å²) < 4.78 is 26.4. The third-order valence-electron chi connectivity index (χ3n) is 2.80. The number of hydrogen-bond donors (Lipinski definition) is 2. The second-order valence-electron chi connectivity index (χ2n) is 5.19. The number of nitrogens with one attached hydrogen (secondary N) is 2. The molecule has 0 aromatic carbocycles. The largest absolute Gasteiger partial charge is 0.312 e. The summed E-state index contributed by atoms with van der Waals surface area (Å²) in [6, 6.07) is 3.90. The van der Waals surface area contributed by atoms with E-state index in [1.165, 1.54) is 0 Å². The highest BCUT2D eigenvalue weighted by Gasteiger charge is 2.33. The maximum atomic E-state index is 11.6. The first kappa shape index (κ1) is 15.4. The summed E-state index contributed by atoms with van der Waals surface area (Å²) in [4.78, 5) is 13.2. The van der Waals surface area contributed by atoms with Crippen LogP contribution in [0.1, 0.15) is 23.6 Å². The Hall–Kier alpha value is -0.960. The van der Waals surface area contributed by atoms with Crippen molar-refractivity contribution in [3.8, 4) is 0 Å². The molecule has 2 N–H and O–H groups in total. The van der Waals surface area contributed by atoms with Crippen LogP contribution in [-0.2, 0) is 28.1 Å². The molecule has 0 atom stereocenters. The van der Waals surface area contributed by atoms with Crippen molar-refractivity contribution in [1.29, 1.82) is 0 Å². The summed E-state index contributed by atoms with van der Waals surface area (Å²) >= 11 is 1.57. The molecular formula is C12H19N3O3S2. The predicted octanol–water partition coefficient (Wildman–Crippen LogP) is 0.670. The lowest BCUT2D eigenvalue weighted by atomic mass is 10.2. The lowest BCUT2D eigenvalue weighted by molar-refractivity contribution is -0.118. The van der Waals surface area contributed by atoms with Gasteiger partial charge in [0.1, 0.15) is 0 Å². The maximum Gasteiger partial charge on any atom is 0.304 e. The molecule has 1 fully saturated rings. The molecule has 6 nitrogen and oxygen atoms in total. The van der Waals surface area contributed by atoms with E-state index in [-0.39, 0.29) is 13.1 Å². The Morgan fingerprint density at radius 3 is 2.70 bits per heavy atom. The van der Waals surface area contributed by atoms with Gasteiger partial charge in [-0.3, -0.25) is 4.79 Å². The topological polar surface area (TPSA) is 78.5 Å². The fourth-order valence-corrected chi connectivity index (χ4v) is 4.05. The highest BCUT2D eigenvalue weighted by molar-refractivity contribution is 7.88. The molecular weight excluding hydrogens is 298 g/mol. The van der Waals surface area contributed by atoms with Gasteiger partial charge < -0.3 is 5.32 Å². The van der Waals surface area contributed by atoms with Gasteiger partial charge in [0, 0.05) is 16.3 Å². The van der Waals surface area contributed by atoms with Crippen molar-refractivity contribution >= 4 is 27.5 Å². The standard InChI is InChI=1S/C12H19N3O3S2/c1-9(2)5-13-6-10-3-4-11(19-10)7-15-8-12(16)14-20(15,17)18/h3-4,9,13H,5-8H2,1-2H3,(H,14,16). The number of carbonyl (C=O) groups is 1. The molecule has 1 aromatic heterocycles. The predicted molar refractivity (Wildman–Crippen MR) is 78.3 cm³/mol. The fraction of sp³-hybridized carbons (Fsp3) is 0.583. The zero-order valence-electron chi connectivity index (χ0n) is 11.5. The van der Waals surface area contributed by atoms with Crippen LogP contribution in [0.3, 0.4) is 0 Å². The first-order chi connectivity index (χ1) is 9.37.